The van der Waals surface area contributed by atoms with Crippen molar-refractivity contribution in [3.63, 3.8) is 0 Å². The van der Waals surface area contributed by atoms with Crippen LogP contribution in [-0.2, 0) is 16.1 Å². The number of aliphatic imine (C=N–C) groups is 1. The van der Waals surface area contributed by atoms with Gasteiger partial charge in [-0.2, -0.15) is 5.10 Å². The Morgan fingerprint density at radius 2 is 2.27 bits per heavy atom. The molecule has 0 amide bonds. The van der Waals surface area contributed by atoms with E-state index in [0.29, 0.717) is 19.1 Å². The van der Waals surface area contributed by atoms with Gasteiger partial charge in [-0.25, -0.2) is 0 Å². The predicted molar refractivity (Wildman–Crippen MR) is 114 cm³/mol. The first-order chi connectivity index (χ1) is 12.1. The van der Waals surface area contributed by atoms with Crippen molar-refractivity contribution < 1.29 is 9.53 Å². The maximum Gasteiger partial charge on any atom is 0.310 e. The second kappa shape index (κ2) is 12.1. The largest absolute Gasteiger partial charge is 0.466 e. The molecule has 0 spiro atoms. The van der Waals surface area contributed by atoms with E-state index in [4.69, 9.17) is 9.73 Å². The minimum absolute atomic E-state index is 0. The zero-order valence-electron chi connectivity index (χ0n) is 16.1. The molecule has 7 nitrogen and oxygen atoms in total. The highest BCUT2D eigenvalue weighted by Gasteiger charge is 2.28. The molecular weight excluding hydrogens is 445 g/mol. The van der Waals surface area contributed by atoms with Crippen LogP contribution in [0.2, 0.25) is 0 Å². The van der Waals surface area contributed by atoms with E-state index in [9.17, 15) is 4.79 Å². The highest BCUT2D eigenvalue weighted by molar-refractivity contribution is 14.0. The normalized spacial score (nSPS) is 18.8. The molecule has 1 aromatic rings. The molecule has 1 N–H and O–H groups in total. The number of piperidine rings is 1. The number of hydrogen-bond acceptors (Lipinski definition) is 4. The lowest BCUT2D eigenvalue weighted by molar-refractivity contribution is -0.149. The molecule has 2 unspecified atom stereocenters. The van der Waals surface area contributed by atoms with E-state index < -0.39 is 0 Å². The lowest BCUT2D eigenvalue weighted by Gasteiger charge is -2.34. The number of esters is 1. The third kappa shape index (κ3) is 7.13. The van der Waals surface area contributed by atoms with Crippen molar-refractivity contribution in [1.82, 2.24) is 20.0 Å². The van der Waals surface area contributed by atoms with Crippen LogP contribution in [0, 0.1) is 11.8 Å². The Balaban J connectivity index is 0.00000338. The SMILES string of the molecule is CCNC(=NCC(C)Cn1cccn1)N1CCCC(C(=O)OCC)C1.I. The van der Waals surface area contributed by atoms with Gasteiger partial charge in [0.1, 0.15) is 0 Å². The Kier molecular flexibility index (Phi) is 10.6. The standard InChI is InChI=1S/C18H31N5O2.HI/c1-4-19-18(20-12-15(3)13-23-11-7-9-21-23)22-10-6-8-16(14-22)17(24)25-5-2;/h7,9,11,15-16H,4-6,8,10,12-14H2,1-3H3,(H,19,20);1H. The highest BCUT2D eigenvalue weighted by atomic mass is 127. The third-order valence-electron chi connectivity index (χ3n) is 4.29. The average Bonchev–Trinajstić information content (AvgIpc) is 3.12. The van der Waals surface area contributed by atoms with Gasteiger partial charge in [0.25, 0.3) is 0 Å². The van der Waals surface area contributed by atoms with Crippen molar-refractivity contribution in [2.45, 2.75) is 40.2 Å². The number of nitrogens with one attached hydrogen (secondary N) is 1. The van der Waals surface area contributed by atoms with E-state index in [0.717, 1.165) is 45.0 Å². The zero-order chi connectivity index (χ0) is 18.1. The monoisotopic (exact) mass is 477 g/mol. The number of halogens is 1. The van der Waals surface area contributed by atoms with Gasteiger partial charge in [-0.15, -0.1) is 24.0 Å². The summed E-state index contributed by atoms with van der Waals surface area (Å²) in [5.41, 5.74) is 0. The molecule has 1 saturated heterocycles. The fourth-order valence-electron chi connectivity index (χ4n) is 3.08. The van der Waals surface area contributed by atoms with Crippen molar-refractivity contribution in [2.24, 2.45) is 16.8 Å². The summed E-state index contributed by atoms with van der Waals surface area (Å²) >= 11 is 0. The third-order valence-corrected chi connectivity index (χ3v) is 4.29. The smallest absolute Gasteiger partial charge is 0.310 e. The van der Waals surface area contributed by atoms with Gasteiger partial charge in [0.2, 0.25) is 0 Å². The Bertz CT molecular complexity index is 550. The summed E-state index contributed by atoms with van der Waals surface area (Å²) in [4.78, 5) is 19.0. The van der Waals surface area contributed by atoms with Crippen LogP contribution in [0.25, 0.3) is 0 Å². The number of nitrogens with zero attached hydrogens (tertiary/aromatic N) is 4. The van der Waals surface area contributed by atoms with Crippen LogP contribution < -0.4 is 5.32 Å². The molecule has 26 heavy (non-hydrogen) atoms. The lowest BCUT2D eigenvalue weighted by Crippen LogP contribution is -2.48. The number of aromatic nitrogens is 2. The van der Waals surface area contributed by atoms with Gasteiger partial charge in [-0.3, -0.25) is 14.5 Å². The summed E-state index contributed by atoms with van der Waals surface area (Å²) in [6.07, 6.45) is 5.64. The lowest BCUT2D eigenvalue weighted by atomic mass is 9.98. The minimum atomic E-state index is -0.0879. The minimum Gasteiger partial charge on any atom is -0.466 e. The summed E-state index contributed by atoms with van der Waals surface area (Å²) < 4.78 is 7.13. The molecule has 2 rings (SSSR count). The van der Waals surface area contributed by atoms with E-state index >= 15 is 0 Å². The summed E-state index contributed by atoms with van der Waals surface area (Å²) in [7, 11) is 0. The average molecular weight is 477 g/mol. The van der Waals surface area contributed by atoms with Gasteiger partial charge in [-0.1, -0.05) is 6.92 Å². The highest BCUT2D eigenvalue weighted by Crippen LogP contribution is 2.18. The number of ether oxygens (including phenoxy) is 1. The van der Waals surface area contributed by atoms with Crippen LogP contribution in [0.3, 0.4) is 0 Å². The molecule has 0 aliphatic carbocycles. The fourth-order valence-corrected chi connectivity index (χ4v) is 3.08. The fraction of sp³-hybridized carbons (Fsp3) is 0.722. The maximum absolute atomic E-state index is 12.0. The first-order valence-corrected chi connectivity index (χ1v) is 9.31. The molecule has 0 bridgehead atoms. The van der Waals surface area contributed by atoms with Crippen LogP contribution in [0.15, 0.2) is 23.5 Å². The molecule has 0 aromatic carbocycles. The van der Waals surface area contributed by atoms with Gasteiger partial charge in [-0.05, 0) is 38.7 Å². The molecule has 2 heterocycles. The molecule has 2 atom stereocenters. The number of likely N-dealkylation sites (tertiary alicyclic amines) is 1. The van der Waals surface area contributed by atoms with Crippen LogP contribution in [0.1, 0.15) is 33.6 Å². The van der Waals surface area contributed by atoms with E-state index in [1.54, 1.807) is 6.20 Å². The summed E-state index contributed by atoms with van der Waals surface area (Å²) in [6, 6.07) is 1.93. The van der Waals surface area contributed by atoms with Gasteiger partial charge in [0.15, 0.2) is 5.96 Å². The molecule has 1 aliphatic rings. The van der Waals surface area contributed by atoms with Crippen molar-refractivity contribution in [2.75, 3.05) is 32.8 Å². The van der Waals surface area contributed by atoms with Crippen molar-refractivity contribution in [1.29, 1.82) is 0 Å². The summed E-state index contributed by atoms with van der Waals surface area (Å²) in [5, 5.41) is 7.61. The molecule has 1 fully saturated rings. The summed E-state index contributed by atoms with van der Waals surface area (Å²) in [6.45, 7) is 10.5. The van der Waals surface area contributed by atoms with Crippen LogP contribution in [0.5, 0.6) is 0 Å². The number of hydrogen-bond donors (Lipinski definition) is 1. The predicted octanol–water partition coefficient (Wildman–Crippen LogP) is 2.38. The Morgan fingerprint density at radius 1 is 1.46 bits per heavy atom. The first-order valence-electron chi connectivity index (χ1n) is 9.31. The molecular formula is C18H32IN5O2. The molecule has 1 aromatic heterocycles. The Hall–Kier alpha value is -1.32. The van der Waals surface area contributed by atoms with Gasteiger partial charge in [0.05, 0.1) is 12.5 Å². The van der Waals surface area contributed by atoms with E-state index in [-0.39, 0.29) is 35.9 Å². The number of carbonyl (C=O) groups is 1. The molecule has 148 valence electrons. The summed E-state index contributed by atoms with van der Waals surface area (Å²) in [5.74, 6) is 1.14. The van der Waals surface area contributed by atoms with Gasteiger partial charge in [0, 0.05) is 45.1 Å². The van der Waals surface area contributed by atoms with Gasteiger partial charge >= 0.3 is 5.97 Å². The van der Waals surface area contributed by atoms with Crippen molar-refractivity contribution in [3.05, 3.63) is 18.5 Å². The number of guanidine groups is 1. The van der Waals surface area contributed by atoms with Crippen molar-refractivity contribution in [3.8, 4) is 0 Å². The molecule has 0 radical (unpaired) electrons. The van der Waals surface area contributed by atoms with Gasteiger partial charge < -0.3 is 15.0 Å². The second-order valence-corrected chi connectivity index (χ2v) is 6.57. The topological polar surface area (TPSA) is 71.8 Å². The van der Waals surface area contributed by atoms with E-state index in [1.165, 1.54) is 0 Å². The molecule has 1 aliphatic heterocycles. The first kappa shape index (κ1) is 22.7. The quantitative estimate of drug-likeness (QED) is 0.283. The Morgan fingerprint density at radius 3 is 2.92 bits per heavy atom. The van der Waals surface area contributed by atoms with Crippen molar-refractivity contribution >= 4 is 35.9 Å². The zero-order valence-corrected chi connectivity index (χ0v) is 18.4. The van der Waals surface area contributed by atoms with Crippen LogP contribution >= 0.6 is 24.0 Å². The van der Waals surface area contributed by atoms with E-state index in [1.807, 2.05) is 23.9 Å². The maximum atomic E-state index is 12.0. The van der Waals surface area contributed by atoms with E-state index in [2.05, 4.69) is 29.2 Å². The number of rotatable bonds is 7. The van der Waals surface area contributed by atoms with Crippen LogP contribution in [0.4, 0.5) is 0 Å². The molecule has 0 saturated carbocycles. The Labute approximate surface area is 173 Å². The second-order valence-electron chi connectivity index (χ2n) is 6.57. The number of carbonyl (C=O) groups excluding carboxylic acids is 1. The molecule has 8 heteroatoms. The van der Waals surface area contributed by atoms with Crippen LogP contribution in [-0.4, -0.2) is 59.4 Å².